The van der Waals surface area contributed by atoms with Crippen molar-refractivity contribution in [1.29, 1.82) is 5.26 Å². The first kappa shape index (κ1) is 18.6. The first-order valence-electron chi connectivity index (χ1n) is 7.21. The second-order valence-corrected chi connectivity index (χ2v) is 4.74. The number of hydrogen-bond acceptors (Lipinski definition) is 5. The number of rotatable bonds is 9. The van der Waals surface area contributed by atoms with Gasteiger partial charge in [-0.3, -0.25) is 4.79 Å². The van der Waals surface area contributed by atoms with E-state index in [0.29, 0.717) is 13.0 Å². The van der Waals surface area contributed by atoms with Crippen molar-refractivity contribution in [2.24, 2.45) is 0 Å². The van der Waals surface area contributed by atoms with Gasteiger partial charge in [-0.25, -0.2) is 4.39 Å². The molecule has 0 aromatic heterocycles. The number of halogens is 1. The average molecular weight is 321 g/mol. The summed E-state index contributed by atoms with van der Waals surface area (Å²) in [5, 5.41) is 29.7. The van der Waals surface area contributed by atoms with Gasteiger partial charge in [0.2, 0.25) is 0 Å². The summed E-state index contributed by atoms with van der Waals surface area (Å²) in [6.45, 7) is 0.0141. The van der Waals surface area contributed by atoms with Crippen LogP contribution in [0.1, 0.15) is 5.56 Å². The Morgan fingerprint density at radius 2 is 2.04 bits per heavy atom. The van der Waals surface area contributed by atoms with Gasteiger partial charge >= 0.3 is 0 Å². The highest BCUT2D eigenvalue weighted by Gasteiger charge is 2.17. The maximum absolute atomic E-state index is 13.0. The van der Waals surface area contributed by atoms with Gasteiger partial charge < -0.3 is 20.4 Å². The van der Waals surface area contributed by atoms with Gasteiger partial charge in [-0.15, -0.1) is 0 Å². The average Bonchev–Trinajstić information content (AvgIpc) is 2.54. The van der Waals surface area contributed by atoms with E-state index in [1.54, 1.807) is 18.2 Å². The van der Waals surface area contributed by atoms with Crippen molar-refractivity contribution in [2.75, 3.05) is 32.8 Å². The van der Waals surface area contributed by atoms with Crippen LogP contribution in [0.15, 0.2) is 36.0 Å². The van der Waals surface area contributed by atoms with Crippen LogP contribution in [0.2, 0.25) is 0 Å². The topological polar surface area (TPSA) is 96.6 Å². The Morgan fingerprint density at radius 1 is 1.35 bits per heavy atom. The van der Waals surface area contributed by atoms with Crippen molar-refractivity contribution in [3.05, 3.63) is 47.4 Å². The van der Waals surface area contributed by atoms with Gasteiger partial charge in [0, 0.05) is 25.8 Å². The molecule has 0 bridgehead atoms. The van der Waals surface area contributed by atoms with Gasteiger partial charge in [-0.1, -0.05) is 12.1 Å². The van der Waals surface area contributed by atoms with Crippen LogP contribution < -0.4 is 5.32 Å². The van der Waals surface area contributed by atoms with Crippen LogP contribution in [0.5, 0.6) is 0 Å². The maximum atomic E-state index is 13.0. The molecule has 0 aliphatic heterocycles. The highest BCUT2D eigenvalue weighted by molar-refractivity contribution is 5.97. The van der Waals surface area contributed by atoms with Crippen molar-refractivity contribution in [2.45, 2.75) is 6.42 Å². The van der Waals surface area contributed by atoms with Crippen molar-refractivity contribution < 1.29 is 19.4 Å². The Labute approximate surface area is 134 Å². The minimum atomic E-state index is -0.561. The summed E-state index contributed by atoms with van der Waals surface area (Å²) in [6, 6.07) is 7.98. The zero-order valence-corrected chi connectivity index (χ0v) is 12.7. The predicted molar refractivity (Wildman–Crippen MR) is 82.6 cm³/mol. The lowest BCUT2D eigenvalue weighted by atomic mass is 10.1. The van der Waals surface area contributed by atoms with E-state index >= 15 is 0 Å². The molecule has 1 aromatic rings. The third-order valence-electron chi connectivity index (χ3n) is 3.07. The number of benzene rings is 1. The number of carbonyl (C=O) groups excluding carboxylic acids is 1. The Morgan fingerprint density at radius 3 is 2.61 bits per heavy atom. The van der Waals surface area contributed by atoms with Crippen LogP contribution in [0.4, 0.5) is 4.39 Å². The zero-order chi connectivity index (χ0) is 17.1. The monoisotopic (exact) mass is 321 g/mol. The lowest BCUT2D eigenvalue weighted by molar-refractivity contribution is -0.127. The fourth-order valence-corrected chi connectivity index (χ4v) is 1.95. The van der Waals surface area contributed by atoms with Crippen LogP contribution in [0, 0.1) is 17.1 Å². The van der Waals surface area contributed by atoms with E-state index in [0.717, 1.165) is 5.56 Å². The first-order valence-corrected chi connectivity index (χ1v) is 7.21. The standard InChI is InChI=1S/C16H20FN3O3/c17-15-3-1-2-13(10-15)4-5-19-12-14(11-18)16(23)20(6-8-21)7-9-22/h1-3,10,12,19,21-22H,4-9H2/b14-12-. The maximum Gasteiger partial charge on any atom is 0.266 e. The number of hydrogen-bond donors (Lipinski definition) is 3. The third-order valence-corrected chi connectivity index (χ3v) is 3.07. The molecule has 6 nitrogen and oxygen atoms in total. The van der Waals surface area contributed by atoms with E-state index in [-0.39, 0.29) is 37.7 Å². The fraction of sp³-hybridized carbons (Fsp3) is 0.375. The molecule has 1 aromatic carbocycles. The first-order chi connectivity index (χ1) is 11.1. The fourth-order valence-electron chi connectivity index (χ4n) is 1.95. The van der Waals surface area contributed by atoms with E-state index in [1.807, 2.05) is 0 Å². The van der Waals surface area contributed by atoms with E-state index in [4.69, 9.17) is 15.5 Å². The lowest BCUT2D eigenvalue weighted by Gasteiger charge is -2.20. The Kier molecular flexibility index (Phi) is 8.36. The molecule has 0 saturated carbocycles. The van der Waals surface area contributed by atoms with Gasteiger partial charge in [0.05, 0.1) is 13.2 Å². The van der Waals surface area contributed by atoms with Gasteiger partial charge in [0.1, 0.15) is 17.5 Å². The summed E-state index contributed by atoms with van der Waals surface area (Å²) in [5.41, 5.74) is 0.684. The zero-order valence-electron chi connectivity index (χ0n) is 12.7. The number of aliphatic hydroxyl groups excluding tert-OH is 2. The molecule has 0 unspecified atom stereocenters. The molecule has 1 rings (SSSR count). The molecule has 3 N–H and O–H groups in total. The smallest absolute Gasteiger partial charge is 0.266 e. The highest BCUT2D eigenvalue weighted by Crippen LogP contribution is 2.04. The number of nitriles is 1. The van der Waals surface area contributed by atoms with Gasteiger partial charge in [0.25, 0.3) is 5.91 Å². The normalized spacial score (nSPS) is 11.0. The van der Waals surface area contributed by atoms with Crippen LogP contribution >= 0.6 is 0 Å². The van der Waals surface area contributed by atoms with Gasteiger partial charge in [-0.05, 0) is 24.1 Å². The largest absolute Gasteiger partial charge is 0.395 e. The third kappa shape index (κ3) is 6.46. The molecule has 124 valence electrons. The summed E-state index contributed by atoms with van der Waals surface area (Å²) >= 11 is 0. The minimum absolute atomic E-state index is 0.0434. The quantitative estimate of drug-likeness (QED) is 0.342. The molecule has 0 fully saturated rings. The second-order valence-electron chi connectivity index (χ2n) is 4.74. The molecule has 1 amide bonds. The summed E-state index contributed by atoms with van der Waals surface area (Å²) in [5.74, 6) is -0.872. The number of nitrogens with zero attached hydrogens (tertiary/aromatic N) is 2. The number of amides is 1. The number of aliphatic hydroxyl groups is 2. The van der Waals surface area contributed by atoms with Crippen LogP contribution in [-0.2, 0) is 11.2 Å². The van der Waals surface area contributed by atoms with Crippen molar-refractivity contribution in [3.8, 4) is 6.07 Å². The predicted octanol–water partition coefficient (Wildman–Crippen LogP) is 0.178. The lowest BCUT2D eigenvalue weighted by Crippen LogP contribution is -2.37. The molecule has 0 aliphatic carbocycles. The van der Waals surface area contributed by atoms with Crippen molar-refractivity contribution in [3.63, 3.8) is 0 Å². The Hall–Kier alpha value is -2.43. The summed E-state index contributed by atoms with van der Waals surface area (Å²) in [6.07, 6.45) is 1.83. The van der Waals surface area contributed by atoms with E-state index in [2.05, 4.69) is 5.32 Å². The van der Waals surface area contributed by atoms with Crippen LogP contribution in [-0.4, -0.2) is 53.9 Å². The molecular weight excluding hydrogens is 301 g/mol. The Bertz CT molecular complexity index is 578. The van der Waals surface area contributed by atoms with Crippen LogP contribution in [0.3, 0.4) is 0 Å². The van der Waals surface area contributed by atoms with E-state index in [1.165, 1.54) is 23.2 Å². The summed E-state index contributed by atoms with van der Waals surface area (Å²) in [4.78, 5) is 13.3. The van der Waals surface area contributed by atoms with E-state index in [9.17, 15) is 9.18 Å². The molecule has 0 spiro atoms. The summed E-state index contributed by atoms with van der Waals surface area (Å²) in [7, 11) is 0. The molecule has 0 heterocycles. The number of nitrogens with one attached hydrogen (secondary N) is 1. The molecule has 0 atom stereocenters. The number of carbonyl (C=O) groups is 1. The minimum Gasteiger partial charge on any atom is -0.395 e. The summed E-state index contributed by atoms with van der Waals surface area (Å²) < 4.78 is 13.0. The molecule has 23 heavy (non-hydrogen) atoms. The van der Waals surface area contributed by atoms with Gasteiger partial charge in [-0.2, -0.15) is 5.26 Å². The molecular formula is C16H20FN3O3. The second kappa shape index (κ2) is 10.3. The highest BCUT2D eigenvalue weighted by atomic mass is 19.1. The van der Waals surface area contributed by atoms with Gasteiger partial charge in [0.15, 0.2) is 0 Å². The SMILES string of the molecule is N#C/C(=C/NCCc1cccc(F)c1)C(=O)N(CCO)CCO. The molecule has 0 radical (unpaired) electrons. The Balaban J connectivity index is 2.57. The van der Waals surface area contributed by atoms with Crippen molar-refractivity contribution >= 4 is 5.91 Å². The van der Waals surface area contributed by atoms with E-state index < -0.39 is 5.91 Å². The molecule has 7 heteroatoms. The van der Waals surface area contributed by atoms with Crippen molar-refractivity contribution in [1.82, 2.24) is 10.2 Å². The van der Waals surface area contributed by atoms with Crippen LogP contribution in [0.25, 0.3) is 0 Å². The molecule has 0 saturated heterocycles. The molecule has 0 aliphatic rings.